The van der Waals surface area contributed by atoms with Crippen molar-refractivity contribution in [3.8, 4) is 16.9 Å². The van der Waals surface area contributed by atoms with Gasteiger partial charge in [0, 0.05) is 23.4 Å². The zero-order chi connectivity index (χ0) is 22.0. The second-order valence-corrected chi connectivity index (χ2v) is 7.75. The zero-order valence-electron chi connectivity index (χ0n) is 17.1. The molecular formula is C22H23F3N4O2. The van der Waals surface area contributed by atoms with Gasteiger partial charge >= 0.3 is 6.18 Å². The molecule has 0 spiro atoms. The number of rotatable bonds is 5. The maximum Gasteiger partial charge on any atom is 0.416 e. The Morgan fingerprint density at radius 1 is 1.19 bits per heavy atom. The quantitative estimate of drug-likeness (QED) is 0.641. The van der Waals surface area contributed by atoms with Gasteiger partial charge in [0.1, 0.15) is 17.8 Å². The fourth-order valence-electron chi connectivity index (χ4n) is 3.99. The predicted octanol–water partition coefficient (Wildman–Crippen LogP) is 4.57. The summed E-state index contributed by atoms with van der Waals surface area (Å²) in [6.45, 7) is 0.114. The number of carbonyl (C=O) groups excluding carboxylic acids is 1. The van der Waals surface area contributed by atoms with Crippen molar-refractivity contribution in [1.29, 1.82) is 0 Å². The Labute approximate surface area is 177 Å². The van der Waals surface area contributed by atoms with Crippen LogP contribution in [-0.4, -0.2) is 33.6 Å². The van der Waals surface area contributed by atoms with Crippen LogP contribution in [0.5, 0.6) is 5.75 Å². The van der Waals surface area contributed by atoms with Crippen molar-refractivity contribution in [1.82, 2.24) is 19.9 Å². The highest BCUT2D eigenvalue weighted by molar-refractivity contribution is 5.82. The monoisotopic (exact) mass is 432 g/mol. The fraction of sp³-hybridized carbons (Fsp3) is 0.409. The lowest BCUT2D eigenvalue weighted by molar-refractivity contribution is -0.137. The highest BCUT2D eigenvalue weighted by atomic mass is 19.4. The number of ether oxygens (including phenoxy) is 1. The molecule has 1 aliphatic carbocycles. The molecule has 31 heavy (non-hydrogen) atoms. The molecule has 0 radical (unpaired) electrons. The van der Waals surface area contributed by atoms with Crippen LogP contribution in [0.4, 0.5) is 13.2 Å². The summed E-state index contributed by atoms with van der Waals surface area (Å²) in [5.74, 6) is 0.0174. The molecule has 2 aromatic heterocycles. The third kappa shape index (κ3) is 4.65. The lowest BCUT2D eigenvalue weighted by Crippen LogP contribution is -2.38. The minimum Gasteiger partial charge on any atom is -0.496 e. The number of amides is 1. The van der Waals surface area contributed by atoms with Crippen molar-refractivity contribution in [2.45, 2.75) is 50.9 Å². The van der Waals surface area contributed by atoms with E-state index in [4.69, 9.17) is 4.74 Å². The van der Waals surface area contributed by atoms with Crippen LogP contribution in [0.15, 0.2) is 36.8 Å². The molecule has 164 valence electrons. The summed E-state index contributed by atoms with van der Waals surface area (Å²) in [6, 6.07) is 5.29. The molecule has 0 unspecified atom stereocenters. The molecule has 0 saturated heterocycles. The maximum atomic E-state index is 13.0. The van der Waals surface area contributed by atoms with Crippen LogP contribution in [0.25, 0.3) is 22.3 Å². The van der Waals surface area contributed by atoms with E-state index in [2.05, 4.69) is 15.3 Å². The summed E-state index contributed by atoms with van der Waals surface area (Å²) in [5.41, 5.74) is 1.36. The van der Waals surface area contributed by atoms with Gasteiger partial charge in [0.2, 0.25) is 5.91 Å². The van der Waals surface area contributed by atoms with E-state index in [1.807, 2.05) is 0 Å². The van der Waals surface area contributed by atoms with Gasteiger partial charge in [-0.25, -0.2) is 9.97 Å². The van der Waals surface area contributed by atoms with E-state index in [0.29, 0.717) is 22.3 Å². The molecule has 1 aromatic carbocycles. The molecule has 4 rings (SSSR count). The summed E-state index contributed by atoms with van der Waals surface area (Å²) >= 11 is 0. The molecule has 2 heterocycles. The lowest BCUT2D eigenvalue weighted by atomic mass is 9.95. The van der Waals surface area contributed by atoms with Crippen molar-refractivity contribution >= 4 is 17.1 Å². The van der Waals surface area contributed by atoms with Crippen LogP contribution in [0.2, 0.25) is 0 Å². The summed E-state index contributed by atoms with van der Waals surface area (Å²) in [6.07, 6.45) is 4.14. The van der Waals surface area contributed by atoms with Crippen LogP contribution in [0.3, 0.4) is 0 Å². The number of methoxy groups -OCH3 is 1. The summed E-state index contributed by atoms with van der Waals surface area (Å²) in [4.78, 5) is 21.1. The Kier molecular flexibility index (Phi) is 5.84. The van der Waals surface area contributed by atoms with Crippen LogP contribution in [0.1, 0.15) is 37.7 Å². The number of fused-ring (bicyclic) bond motifs is 1. The Hall–Kier alpha value is -3.10. The van der Waals surface area contributed by atoms with Crippen molar-refractivity contribution in [2.24, 2.45) is 0 Å². The first kappa shape index (κ1) is 21.1. The minimum absolute atomic E-state index is 0.0820. The molecule has 1 amide bonds. The van der Waals surface area contributed by atoms with Gasteiger partial charge in [-0.05, 0) is 37.1 Å². The number of nitrogens with one attached hydrogen (secondary N) is 1. The van der Waals surface area contributed by atoms with Gasteiger partial charge in [-0.3, -0.25) is 4.79 Å². The lowest BCUT2D eigenvalue weighted by Gasteiger charge is -2.22. The van der Waals surface area contributed by atoms with Gasteiger partial charge in [0.25, 0.3) is 0 Å². The molecule has 1 fully saturated rings. The molecular weight excluding hydrogens is 409 g/mol. The molecule has 0 bridgehead atoms. The second-order valence-electron chi connectivity index (χ2n) is 7.75. The predicted molar refractivity (Wildman–Crippen MR) is 110 cm³/mol. The van der Waals surface area contributed by atoms with E-state index >= 15 is 0 Å². The standard InChI is InChI=1S/C22H23F3N4O2/c1-31-19-10-15(22(23,24)25)7-8-17(19)14-9-18-21(26-11-14)29(13-27-18)12-20(30)28-16-5-3-2-4-6-16/h7-11,13,16H,2-6,12H2,1H3,(H,28,30). The molecule has 0 aliphatic heterocycles. The third-order valence-corrected chi connectivity index (χ3v) is 5.58. The Bertz CT molecular complexity index is 1090. The average molecular weight is 432 g/mol. The van der Waals surface area contributed by atoms with Crippen LogP contribution in [-0.2, 0) is 17.5 Å². The fourth-order valence-corrected chi connectivity index (χ4v) is 3.99. The number of halogens is 3. The molecule has 0 atom stereocenters. The average Bonchev–Trinajstić information content (AvgIpc) is 3.15. The summed E-state index contributed by atoms with van der Waals surface area (Å²) < 4.78 is 45.8. The van der Waals surface area contributed by atoms with Gasteiger partial charge in [-0.15, -0.1) is 0 Å². The van der Waals surface area contributed by atoms with Crippen molar-refractivity contribution in [2.75, 3.05) is 7.11 Å². The van der Waals surface area contributed by atoms with E-state index in [0.717, 1.165) is 37.8 Å². The smallest absolute Gasteiger partial charge is 0.416 e. The van der Waals surface area contributed by atoms with Crippen LogP contribution in [0, 0.1) is 0 Å². The van der Waals surface area contributed by atoms with E-state index < -0.39 is 11.7 Å². The summed E-state index contributed by atoms with van der Waals surface area (Å²) in [7, 11) is 1.32. The molecule has 1 aliphatic rings. The zero-order valence-corrected chi connectivity index (χ0v) is 17.1. The molecule has 3 aromatic rings. The van der Waals surface area contributed by atoms with Crippen molar-refractivity contribution < 1.29 is 22.7 Å². The second kappa shape index (κ2) is 8.56. The van der Waals surface area contributed by atoms with E-state index in [1.165, 1.54) is 19.6 Å². The van der Waals surface area contributed by atoms with Crippen LogP contribution < -0.4 is 10.1 Å². The minimum atomic E-state index is -4.45. The van der Waals surface area contributed by atoms with E-state index in [1.54, 1.807) is 23.2 Å². The van der Waals surface area contributed by atoms with E-state index in [9.17, 15) is 18.0 Å². The van der Waals surface area contributed by atoms with E-state index in [-0.39, 0.29) is 24.2 Å². The van der Waals surface area contributed by atoms with Crippen LogP contribution >= 0.6 is 0 Å². The first-order valence-corrected chi connectivity index (χ1v) is 10.2. The number of hydrogen-bond acceptors (Lipinski definition) is 4. The number of imidazole rings is 1. The molecule has 1 N–H and O–H groups in total. The maximum absolute atomic E-state index is 13.0. The number of carbonyl (C=O) groups is 1. The normalized spacial score (nSPS) is 15.2. The third-order valence-electron chi connectivity index (χ3n) is 5.58. The van der Waals surface area contributed by atoms with Gasteiger partial charge in [0.05, 0.1) is 19.0 Å². The number of aromatic nitrogens is 3. The number of alkyl halides is 3. The molecule has 9 heteroatoms. The van der Waals surface area contributed by atoms with Crippen molar-refractivity contribution in [3.05, 3.63) is 42.4 Å². The largest absolute Gasteiger partial charge is 0.496 e. The van der Waals surface area contributed by atoms with Gasteiger partial charge in [0.15, 0.2) is 5.65 Å². The van der Waals surface area contributed by atoms with Gasteiger partial charge in [-0.2, -0.15) is 13.2 Å². The molecule has 1 saturated carbocycles. The Morgan fingerprint density at radius 2 is 1.97 bits per heavy atom. The van der Waals surface area contributed by atoms with Crippen molar-refractivity contribution in [3.63, 3.8) is 0 Å². The summed E-state index contributed by atoms with van der Waals surface area (Å²) in [5, 5.41) is 3.07. The van der Waals surface area contributed by atoms with Gasteiger partial charge in [-0.1, -0.05) is 19.3 Å². The highest BCUT2D eigenvalue weighted by Crippen LogP contribution is 2.37. The SMILES string of the molecule is COc1cc(C(F)(F)F)ccc1-c1cnc2c(c1)ncn2CC(=O)NC1CCCCC1. The first-order valence-electron chi connectivity index (χ1n) is 10.2. The number of hydrogen-bond donors (Lipinski definition) is 1. The molecule has 6 nitrogen and oxygen atoms in total. The Balaban J connectivity index is 1.55. The topological polar surface area (TPSA) is 69.0 Å². The number of nitrogens with zero attached hydrogens (tertiary/aromatic N) is 3. The van der Waals surface area contributed by atoms with Gasteiger partial charge < -0.3 is 14.6 Å². The first-order chi connectivity index (χ1) is 14.8. The Morgan fingerprint density at radius 3 is 2.68 bits per heavy atom. The highest BCUT2D eigenvalue weighted by Gasteiger charge is 2.31. The number of benzene rings is 1. The number of pyridine rings is 1.